The number of halogens is 1. The molecule has 1 heterocycles. The molecule has 0 spiro atoms. The zero-order chi connectivity index (χ0) is 13.2. The summed E-state index contributed by atoms with van der Waals surface area (Å²) in [5.74, 6) is -0.171. The highest BCUT2D eigenvalue weighted by molar-refractivity contribution is 5.26. The Kier molecular flexibility index (Phi) is 4.03. The van der Waals surface area contributed by atoms with Gasteiger partial charge in [-0.1, -0.05) is 6.07 Å². The number of hydrogen-bond donors (Lipinski definition) is 1. The highest BCUT2D eigenvalue weighted by atomic mass is 19.1. The molecule has 0 aromatic heterocycles. The summed E-state index contributed by atoms with van der Waals surface area (Å²) in [6.45, 7) is 6.63. The first kappa shape index (κ1) is 13.5. The van der Waals surface area contributed by atoms with E-state index in [1.165, 1.54) is 11.6 Å². The number of likely N-dealkylation sites (tertiary alicyclic amines) is 1. The Morgan fingerprint density at radius 3 is 2.83 bits per heavy atom. The summed E-state index contributed by atoms with van der Waals surface area (Å²) in [4.78, 5) is 2.35. The van der Waals surface area contributed by atoms with Crippen molar-refractivity contribution in [3.05, 3.63) is 35.1 Å². The molecule has 0 amide bonds. The Labute approximate surface area is 108 Å². The third-order valence-electron chi connectivity index (χ3n) is 3.85. The summed E-state index contributed by atoms with van der Waals surface area (Å²) >= 11 is 0. The molecule has 18 heavy (non-hydrogen) atoms. The maximum atomic E-state index is 13.0. The quantitative estimate of drug-likeness (QED) is 0.873. The van der Waals surface area contributed by atoms with E-state index in [1.807, 2.05) is 19.9 Å². The number of benzene rings is 1. The van der Waals surface area contributed by atoms with Gasteiger partial charge in [-0.05, 0) is 62.9 Å². The first-order chi connectivity index (χ1) is 8.46. The van der Waals surface area contributed by atoms with E-state index in [9.17, 15) is 9.50 Å². The van der Waals surface area contributed by atoms with Crippen molar-refractivity contribution in [2.75, 3.05) is 13.1 Å². The van der Waals surface area contributed by atoms with E-state index in [0.29, 0.717) is 0 Å². The summed E-state index contributed by atoms with van der Waals surface area (Å²) in [5.41, 5.74) is 1.66. The van der Waals surface area contributed by atoms with Gasteiger partial charge in [-0.3, -0.25) is 4.90 Å². The van der Waals surface area contributed by atoms with Crippen LogP contribution >= 0.6 is 0 Å². The fourth-order valence-corrected chi connectivity index (χ4v) is 2.55. The first-order valence-electron chi connectivity index (χ1n) is 6.66. The number of rotatable bonds is 2. The number of aliphatic hydroxyl groups is 1. The topological polar surface area (TPSA) is 23.5 Å². The van der Waals surface area contributed by atoms with Gasteiger partial charge < -0.3 is 5.11 Å². The predicted octanol–water partition coefficient (Wildman–Crippen LogP) is 2.87. The van der Waals surface area contributed by atoms with Gasteiger partial charge in [-0.2, -0.15) is 0 Å². The molecule has 100 valence electrons. The second kappa shape index (κ2) is 5.37. The Morgan fingerprint density at radius 2 is 2.11 bits per heavy atom. The molecule has 0 aliphatic carbocycles. The van der Waals surface area contributed by atoms with Crippen molar-refractivity contribution < 1.29 is 9.50 Å². The molecular weight excluding hydrogens is 229 g/mol. The van der Waals surface area contributed by atoms with Gasteiger partial charge in [0.1, 0.15) is 5.82 Å². The monoisotopic (exact) mass is 251 g/mol. The van der Waals surface area contributed by atoms with Crippen LogP contribution in [0.1, 0.15) is 37.3 Å². The minimum atomic E-state index is -0.521. The summed E-state index contributed by atoms with van der Waals surface area (Å²) in [6.07, 6.45) is 2.70. The van der Waals surface area contributed by atoms with Crippen molar-refractivity contribution in [3.8, 4) is 0 Å². The smallest absolute Gasteiger partial charge is 0.123 e. The third kappa shape index (κ3) is 3.53. The molecule has 0 saturated carbocycles. The summed E-state index contributed by atoms with van der Waals surface area (Å²) in [5, 5.41) is 10.1. The molecular formula is C15H22FNO. The van der Waals surface area contributed by atoms with Crippen LogP contribution in [0.15, 0.2) is 18.2 Å². The van der Waals surface area contributed by atoms with Crippen molar-refractivity contribution in [1.29, 1.82) is 0 Å². The second-order valence-corrected chi connectivity index (χ2v) is 5.70. The highest BCUT2D eigenvalue weighted by Crippen LogP contribution is 2.23. The van der Waals surface area contributed by atoms with E-state index >= 15 is 0 Å². The van der Waals surface area contributed by atoms with Crippen LogP contribution < -0.4 is 0 Å². The average molecular weight is 251 g/mol. The molecule has 1 aromatic rings. The second-order valence-electron chi connectivity index (χ2n) is 5.70. The molecule has 1 aliphatic rings. The molecule has 1 aromatic carbocycles. The Morgan fingerprint density at radius 1 is 1.33 bits per heavy atom. The minimum absolute atomic E-state index is 0.171. The van der Waals surface area contributed by atoms with E-state index in [-0.39, 0.29) is 5.82 Å². The zero-order valence-corrected chi connectivity index (χ0v) is 11.2. The molecule has 3 heteroatoms. The van der Waals surface area contributed by atoms with Crippen molar-refractivity contribution in [1.82, 2.24) is 4.90 Å². The normalized spacial score (nSPS) is 26.0. The van der Waals surface area contributed by atoms with Crippen LogP contribution in [0, 0.1) is 12.7 Å². The van der Waals surface area contributed by atoms with Crippen LogP contribution in [-0.4, -0.2) is 28.7 Å². The van der Waals surface area contributed by atoms with Gasteiger partial charge in [0.15, 0.2) is 0 Å². The van der Waals surface area contributed by atoms with E-state index in [2.05, 4.69) is 4.90 Å². The van der Waals surface area contributed by atoms with Gasteiger partial charge in [0.05, 0.1) is 5.60 Å². The lowest BCUT2D eigenvalue weighted by Gasteiger charge is -2.23. The maximum absolute atomic E-state index is 13.0. The molecule has 1 unspecified atom stereocenters. The van der Waals surface area contributed by atoms with E-state index < -0.39 is 5.60 Å². The molecule has 1 aliphatic heterocycles. The van der Waals surface area contributed by atoms with Crippen LogP contribution in [0.3, 0.4) is 0 Å². The minimum Gasteiger partial charge on any atom is -0.390 e. The van der Waals surface area contributed by atoms with E-state index in [0.717, 1.165) is 44.5 Å². The van der Waals surface area contributed by atoms with Crippen molar-refractivity contribution in [2.45, 2.75) is 45.3 Å². The van der Waals surface area contributed by atoms with Crippen LogP contribution in [0.5, 0.6) is 0 Å². The van der Waals surface area contributed by atoms with E-state index in [1.54, 1.807) is 6.07 Å². The Bertz CT molecular complexity index is 417. The maximum Gasteiger partial charge on any atom is 0.123 e. The molecule has 1 N–H and O–H groups in total. The molecule has 0 radical (unpaired) electrons. The average Bonchev–Trinajstić information content (AvgIpc) is 2.44. The predicted molar refractivity (Wildman–Crippen MR) is 70.9 cm³/mol. The zero-order valence-electron chi connectivity index (χ0n) is 11.2. The fraction of sp³-hybridized carbons (Fsp3) is 0.600. The standard InChI is InChI=1S/C15H22FNO/c1-12-10-14(16)5-4-13(12)11-17-8-3-6-15(2,18)7-9-17/h4-5,10,18H,3,6-9,11H2,1-2H3. The molecule has 1 saturated heterocycles. The lowest BCUT2D eigenvalue weighted by atomic mass is 9.98. The highest BCUT2D eigenvalue weighted by Gasteiger charge is 2.24. The number of aryl methyl sites for hydroxylation is 1. The van der Waals surface area contributed by atoms with E-state index in [4.69, 9.17) is 0 Å². The van der Waals surface area contributed by atoms with Gasteiger partial charge in [0, 0.05) is 13.1 Å². The third-order valence-corrected chi connectivity index (χ3v) is 3.85. The lowest BCUT2D eigenvalue weighted by molar-refractivity contribution is 0.0444. The van der Waals surface area contributed by atoms with Crippen molar-refractivity contribution >= 4 is 0 Å². The van der Waals surface area contributed by atoms with Crippen LogP contribution in [-0.2, 0) is 6.54 Å². The fourth-order valence-electron chi connectivity index (χ4n) is 2.55. The molecule has 1 fully saturated rings. The Hall–Kier alpha value is -0.930. The van der Waals surface area contributed by atoms with Gasteiger partial charge in [-0.25, -0.2) is 4.39 Å². The number of nitrogens with zero attached hydrogens (tertiary/aromatic N) is 1. The summed E-state index contributed by atoms with van der Waals surface area (Å²) in [7, 11) is 0. The van der Waals surface area contributed by atoms with Gasteiger partial charge in [0.25, 0.3) is 0 Å². The molecule has 1 atom stereocenters. The van der Waals surface area contributed by atoms with Gasteiger partial charge in [-0.15, -0.1) is 0 Å². The van der Waals surface area contributed by atoms with Crippen LogP contribution in [0.25, 0.3) is 0 Å². The van der Waals surface area contributed by atoms with Crippen LogP contribution in [0.2, 0.25) is 0 Å². The van der Waals surface area contributed by atoms with Crippen molar-refractivity contribution in [2.24, 2.45) is 0 Å². The Balaban J connectivity index is 2.01. The SMILES string of the molecule is Cc1cc(F)ccc1CN1CCCC(C)(O)CC1. The first-order valence-corrected chi connectivity index (χ1v) is 6.66. The molecule has 2 rings (SSSR count). The van der Waals surface area contributed by atoms with Gasteiger partial charge in [0.2, 0.25) is 0 Å². The van der Waals surface area contributed by atoms with Crippen molar-refractivity contribution in [3.63, 3.8) is 0 Å². The number of hydrogen-bond acceptors (Lipinski definition) is 2. The summed E-state index contributed by atoms with van der Waals surface area (Å²) < 4.78 is 13.0. The molecule has 0 bridgehead atoms. The largest absolute Gasteiger partial charge is 0.390 e. The van der Waals surface area contributed by atoms with Crippen LogP contribution in [0.4, 0.5) is 4.39 Å². The van der Waals surface area contributed by atoms with Gasteiger partial charge >= 0.3 is 0 Å². The summed E-state index contributed by atoms with van der Waals surface area (Å²) in [6, 6.07) is 4.98. The molecule has 2 nitrogen and oxygen atoms in total. The lowest BCUT2D eigenvalue weighted by Crippen LogP contribution is -2.28.